The van der Waals surface area contributed by atoms with Gasteiger partial charge >= 0.3 is 10.6 Å². The Hall–Kier alpha value is -3.86. The largest absolute Gasteiger partial charge is 0.505 e. The summed E-state index contributed by atoms with van der Waals surface area (Å²) in [6, 6.07) is 12.9. The Morgan fingerprint density at radius 2 is 1.26 bits per heavy atom. The third-order valence-corrected chi connectivity index (χ3v) is 4.16. The van der Waals surface area contributed by atoms with Crippen LogP contribution in [0.15, 0.2) is 73.2 Å². The van der Waals surface area contributed by atoms with Crippen LogP contribution in [0.4, 0.5) is 22.7 Å². The van der Waals surface area contributed by atoms with E-state index in [-0.39, 0.29) is 5.75 Å². The first-order chi connectivity index (χ1) is 14.8. The maximum atomic E-state index is 10.6. The van der Waals surface area contributed by atoms with E-state index in [0.717, 1.165) is 33.6 Å². The van der Waals surface area contributed by atoms with Crippen molar-refractivity contribution in [3.05, 3.63) is 53.6 Å². The van der Waals surface area contributed by atoms with Crippen LogP contribution in [0.25, 0.3) is 10.8 Å². The third-order valence-electron chi connectivity index (χ3n) is 4.16. The first-order valence-electron chi connectivity index (χ1n) is 8.92. The number of nitrogens with zero attached hydrogens (tertiary/aromatic N) is 6. The van der Waals surface area contributed by atoms with Gasteiger partial charge in [-0.05, 0) is 66.8 Å². The van der Waals surface area contributed by atoms with Crippen LogP contribution in [0.5, 0.6) is 5.75 Å². The Morgan fingerprint density at radius 3 is 1.84 bits per heavy atom. The fourth-order valence-electron chi connectivity index (χ4n) is 2.76. The molecule has 0 aliphatic rings. The molecule has 0 saturated carbocycles. The number of phenols is 1. The minimum Gasteiger partial charge on any atom is -0.505 e. The maximum Gasteiger partial charge on any atom is 0.425 e. The van der Waals surface area contributed by atoms with E-state index in [9.17, 15) is 5.11 Å². The molecule has 0 heterocycles. The summed E-state index contributed by atoms with van der Waals surface area (Å²) in [6.45, 7) is 3.88. The predicted molar refractivity (Wildman–Crippen MR) is 116 cm³/mol. The lowest BCUT2D eigenvalue weighted by Crippen LogP contribution is -1.80. The Morgan fingerprint density at radius 1 is 0.710 bits per heavy atom. The summed E-state index contributed by atoms with van der Waals surface area (Å²) < 4.78 is 25.3. The van der Waals surface area contributed by atoms with Crippen molar-refractivity contribution in [2.45, 2.75) is 13.8 Å². The second kappa shape index (κ2) is 10.8. The van der Waals surface area contributed by atoms with Gasteiger partial charge in [-0.25, -0.2) is 0 Å². The zero-order valence-corrected chi connectivity index (χ0v) is 18.1. The number of hydrogen-bond acceptors (Lipinski definition) is 10. The smallest absolute Gasteiger partial charge is 0.425 e. The highest BCUT2D eigenvalue weighted by atomic mass is 32.2. The minimum atomic E-state index is -3.11. The van der Waals surface area contributed by atoms with Crippen LogP contribution < -0.4 is 0 Å². The van der Waals surface area contributed by atoms with Gasteiger partial charge in [0.05, 0.1) is 17.1 Å². The molecule has 0 bridgehead atoms. The second-order valence-corrected chi connectivity index (χ2v) is 6.68. The van der Waals surface area contributed by atoms with Gasteiger partial charge in [0.25, 0.3) is 0 Å². The first kappa shape index (κ1) is 23.4. The molecule has 0 aliphatic heterocycles. The average Bonchev–Trinajstić information content (AvgIpc) is 2.71. The van der Waals surface area contributed by atoms with Gasteiger partial charge < -0.3 is 5.11 Å². The van der Waals surface area contributed by atoms with E-state index in [1.54, 1.807) is 32.3 Å². The van der Waals surface area contributed by atoms with E-state index in [0.29, 0.717) is 11.1 Å². The topological polar surface area (TPSA) is 146 Å². The molecule has 0 unspecified atom stereocenters. The first-order valence-corrected chi connectivity index (χ1v) is 9.92. The summed E-state index contributed by atoms with van der Waals surface area (Å²) in [4.78, 5) is 0. The lowest BCUT2D eigenvalue weighted by molar-refractivity contribution is 0.482. The monoisotopic (exact) mass is 440 g/mol. The third kappa shape index (κ3) is 6.31. The van der Waals surface area contributed by atoms with Crippen molar-refractivity contribution in [1.82, 2.24) is 0 Å². The van der Waals surface area contributed by atoms with Crippen LogP contribution in [0, 0.1) is 13.8 Å². The summed E-state index contributed by atoms with van der Waals surface area (Å²) in [5, 5.41) is 36.3. The molecule has 3 rings (SSSR count). The van der Waals surface area contributed by atoms with Gasteiger partial charge in [0.2, 0.25) is 0 Å². The van der Waals surface area contributed by atoms with Crippen LogP contribution in [-0.4, -0.2) is 31.8 Å². The van der Waals surface area contributed by atoms with Gasteiger partial charge in [0, 0.05) is 19.5 Å². The number of benzene rings is 3. The fourth-order valence-corrected chi connectivity index (χ4v) is 2.76. The molecule has 1 N–H and O–H groups in total. The molecular formula is C20H20N6O4S. The molecule has 0 spiro atoms. The predicted octanol–water partition coefficient (Wildman–Crippen LogP) is 6.00. The summed E-state index contributed by atoms with van der Waals surface area (Å²) in [5.74, 6) is 0.0852. The van der Waals surface area contributed by atoms with Gasteiger partial charge in [0.1, 0.15) is 5.69 Å². The van der Waals surface area contributed by atoms with Crippen molar-refractivity contribution in [3.8, 4) is 5.75 Å². The zero-order valence-electron chi connectivity index (χ0n) is 17.3. The molecule has 3 aromatic carbocycles. The number of aromatic hydroxyl groups is 1. The quantitative estimate of drug-likeness (QED) is 0.495. The normalized spacial score (nSPS) is 11.4. The van der Waals surface area contributed by atoms with E-state index < -0.39 is 10.6 Å². The van der Waals surface area contributed by atoms with E-state index in [1.165, 1.54) is 0 Å². The van der Waals surface area contributed by atoms with E-state index in [2.05, 4.69) is 30.7 Å². The molecule has 3 aromatic rings. The average molecular weight is 440 g/mol. The molecule has 0 amide bonds. The Balaban J connectivity index is 0.000000785. The highest BCUT2D eigenvalue weighted by molar-refractivity contribution is 7.59. The van der Waals surface area contributed by atoms with E-state index in [4.69, 9.17) is 12.6 Å². The van der Waals surface area contributed by atoms with Crippen LogP contribution in [0.1, 0.15) is 11.1 Å². The Labute approximate surface area is 180 Å². The number of azo groups is 3. The number of rotatable bonds is 4. The molecule has 0 radical (unpaired) electrons. The van der Waals surface area contributed by atoms with Gasteiger partial charge in [-0.15, -0.1) is 17.7 Å². The molecule has 0 saturated heterocycles. The molecule has 0 aromatic heterocycles. The van der Waals surface area contributed by atoms with Crippen molar-refractivity contribution in [1.29, 1.82) is 0 Å². The van der Waals surface area contributed by atoms with Crippen molar-refractivity contribution in [3.63, 3.8) is 0 Å². The number of fused-ring (bicyclic) bond motifs is 1. The van der Waals surface area contributed by atoms with E-state index in [1.807, 2.05) is 38.1 Å². The summed E-state index contributed by atoms with van der Waals surface area (Å²) in [5.41, 5.74) is 4.56. The van der Waals surface area contributed by atoms with Crippen molar-refractivity contribution in [2.24, 2.45) is 30.7 Å². The summed E-state index contributed by atoms with van der Waals surface area (Å²) in [6.07, 6.45) is 0. The Kier molecular flexibility index (Phi) is 8.15. The zero-order chi connectivity index (χ0) is 23.0. The van der Waals surface area contributed by atoms with Crippen molar-refractivity contribution in [2.75, 3.05) is 14.1 Å². The lowest BCUT2D eigenvalue weighted by atomic mass is 10.1. The second-order valence-electron chi connectivity index (χ2n) is 6.27. The molecule has 0 aliphatic carbocycles. The molecular weight excluding hydrogens is 420 g/mol. The molecule has 11 heteroatoms. The van der Waals surface area contributed by atoms with Gasteiger partial charge in [-0.3, -0.25) is 0 Å². The summed E-state index contributed by atoms with van der Waals surface area (Å²) >= 11 is 0. The highest BCUT2D eigenvalue weighted by Crippen LogP contribution is 2.37. The molecule has 31 heavy (non-hydrogen) atoms. The molecule has 0 atom stereocenters. The fraction of sp³-hybridized carbons (Fsp3) is 0.200. The number of aryl methyl sites for hydroxylation is 2. The number of hydrogen-bond donors (Lipinski definition) is 1. The van der Waals surface area contributed by atoms with Gasteiger partial charge in [0.15, 0.2) is 5.75 Å². The highest BCUT2D eigenvalue weighted by Gasteiger charge is 2.08. The van der Waals surface area contributed by atoms with E-state index >= 15 is 0 Å². The molecule has 10 nitrogen and oxygen atoms in total. The minimum absolute atomic E-state index is 0.0852. The SMILES string of the molecule is CN=Nc1ccc2c(O)c(N=Nc3cc(C)c(N=NC)cc3C)ccc2c1.O=S(=O)=O. The van der Waals surface area contributed by atoms with Crippen molar-refractivity contribution < 1.29 is 17.7 Å². The van der Waals surface area contributed by atoms with Crippen LogP contribution >= 0.6 is 0 Å². The van der Waals surface area contributed by atoms with Crippen LogP contribution in [0.2, 0.25) is 0 Å². The molecule has 0 fully saturated rings. The Bertz CT molecular complexity index is 1300. The van der Waals surface area contributed by atoms with Gasteiger partial charge in [-0.2, -0.15) is 25.6 Å². The maximum absolute atomic E-state index is 10.6. The standard InChI is InChI=1S/C20H20N6O.O3S/c1-12-10-19(13(2)9-18(12)24-22-4)26-25-17-8-5-14-11-15(23-21-3)6-7-16(14)20(17)27;1-4(2)3/h5-11,27H,1-4H3;. The van der Waals surface area contributed by atoms with Crippen LogP contribution in [0.3, 0.4) is 0 Å². The summed E-state index contributed by atoms with van der Waals surface area (Å²) in [7, 11) is 0.144. The van der Waals surface area contributed by atoms with Gasteiger partial charge in [-0.1, -0.05) is 6.07 Å². The van der Waals surface area contributed by atoms with Crippen molar-refractivity contribution >= 4 is 44.1 Å². The number of phenolic OH excluding ortho intramolecular Hbond substituents is 1. The lowest BCUT2D eigenvalue weighted by Gasteiger charge is -2.06. The van der Waals surface area contributed by atoms with Crippen LogP contribution in [-0.2, 0) is 10.6 Å². The molecule has 160 valence electrons.